The van der Waals surface area contributed by atoms with Gasteiger partial charge in [-0.25, -0.2) is 9.37 Å². The number of nitrogens with zero attached hydrogens (tertiary/aromatic N) is 3. The van der Waals surface area contributed by atoms with Crippen molar-refractivity contribution in [2.75, 3.05) is 0 Å². The molecule has 0 aliphatic rings. The van der Waals surface area contributed by atoms with Gasteiger partial charge >= 0.3 is 0 Å². The third kappa shape index (κ3) is 2.50. The van der Waals surface area contributed by atoms with E-state index in [0.717, 1.165) is 19.2 Å². The van der Waals surface area contributed by atoms with Crippen molar-refractivity contribution < 1.29 is 9.50 Å². The van der Waals surface area contributed by atoms with Crippen LogP contribution < -0.4 is 0 Å². The van der Waals surface area contributed by atoms with Gasteiger partial charge in [-0.15, -0.1) is 0 Å². The highest BCUT2D eigenvalue weighted by Crippen LogP contribution is 2.18. The summed E-state index contributed by atoms with van der Waals surface area (Å²) in [5.74, 6) is 0.115. The van der Waals surface area contributed by atoms with Crippen molar-refractivity contribution in [1.29, 1.82) is 0 Å². The summed E-state index contributed by atoms with van der Waals surface area (Å²) >= 11 is 0. The van der Waals surface area contributed by atoms with Crippen molar-refractivity contribution in [3.8, 4) is 0 Å². The van der Waals surface area contributed by atoms with Crippen LogP contribution in [0.15, 0.2) is 30.7 Å². The lowest BCUT2D eigenvalue weighted by atomic mass is 10.2. The SMILES string of the molecule is CCCn1ccnc1C(O)c1ccc(F)cn1. The molecule has 0 bridgehead atoms. The predicted molar refractivity (Wildman–Crippen MR) is 60.8 cm³/mol. The van der Waals surface area contributed by atoms with E-state index in [0.29, 0.717) is 11.5 Å². The van der Waals surface area contributed by atoms with Crippen molar-refractivity contribution in [2.24, 2.45) is 0 Å². The third-order valence-corrected chi connectivity index (χ3v) is 2.49. The fourth-order valence-corrected chi connectivity index (χ4v) is 1.68. The van der Waals surface area contributed by atoms with Crippen LogP contribution in [-0.2, 0) is 6.54 Å². The Morgan fingerprint density at radius 2 is 2.24 bits per heavy atom. The van der Waals surface area contributed by atoms with Crippen LogP contribution in [0.5, 0.6) is 0 Å². The van der Waals surface area contributed by atoms with Gasteiger partial charge in [0.1, 0.15) is 11.6 Å². The molecule has 2 rings (SSSR count). The average Bonchev–Trinajstić information content (AvgIpc) is 2.78. The molecule has 4 nitrogen and oxygen atoms in total. The molecule has 5 heteroatoms. The van der Waals surface area contributed by atoms with E-state index < -0.39 is 11.9 Å². The first kappa shape index (κ1) is 11.7. The molecule has 0 aliphatic carbocycles. The van der Waals surface area contributed by atoms with E-state index >= 15 is 0 Å². The highest BCUT2D eigenvalue weighted by atomic mass is 19.1. The van der Waals surface area contributed by atoms with Crippen molar-refractivity contribution in [3.05, 3.63) is 48.1 Å². The third-order valence-electron chi connectivity index (χ3n) is 2.49. The number of aliphatic hydroxyl groups is 1. The first-order chi connectivity index (χ1) is 8.22. The van der Waals surface area contributed by atoms with Gasteiger partial charge in [-0.1, -0.05) is 6.92 Å². The number of hydrogen-bond acceptors (Lipinski definition) is 3. The minimum atomic E-state index is -0.919. The van der Waals surface area contributed by atoms with Gasteiger partial charge in [0.05, 0.1) is 11.9 Å². The molecule has 0 fully saturated rings. The zero-order valence-corrected chi connectivity index (χ0v) is 9.55. The summed E-state index contributed by atoms with van der Waals surface area (Å²) in [5.41, 5.74) is 0.398. The first-order valence-corrected chi connectivity index (χ1v) is 5.53. The molecule has 0 spiro atoms. The lowest BCUT2D eigenvalue weighted by Gasteiger charge is -2.12. The van der Waals surface area contributed by atoms with Crippen LogP contribution in [-0.4, -0.2) is 19.6 Å². The molecule has 1 atom stereocenters. The number of pyridine rings is 1. The molecule has 0 aliphatic heterocycles. The van der Waals surface area contributed by atoms with E-state index in [9.17, 15) is 9.50 Å². The van der Waals surface area contributed by atoms with Gasteiger partial charge in [0, 0.05) is 18.9 Å². The second kappa shape index (κ2) is 5.05. The Hall–Kier alpha value is -1.75. The van der Waals surface area contributed by atoms with Crippen LogP contribution >= 0.6 is 0 Å². The minimum Gasteiger partial charge on any atom is -0.379 e. The summed E-state index contributed by atoms with van der Waals surface area (Å²) in [6.45, 7) is 2.83. The van der Waals surface area contributed by atoms with E-state index in [-0.39, 0.29) is 0 Å². The molecule has 0 amide bonds. The molecule has 2 aromatic heterocycles. The van der Waals surface area contributed by atoms with Crippen LogP contribution in [0.3, 0.4) is 0 Å². The standard InChI is InChI=1S/C12H14FN3O/c1-2-6-16-7-5-14-12(16)11(17)10-4-3-9(13)8-15-10/h3-5,7-8,11,17H,2,6H2,1H3. The topological polar surface area (TPSA) is 50.9 Å². The average molecular weight is 235 g/mol. The summed E-state index contributed by atoms with van der Waals surface area (Å²) in [4.78, 5) is 7.97. The first-order valence-electron chi connectivity index (χ1n) is 5.53. The Labute approximate surface area is 98.8 Å². The maximum Gasteiger partial charge on any atom is 0.153 e. The molecule has 17 heavy (non-hydrogen) atoms. The molecule has 90 valence electrons. The van der Waals surface area contributed by atoms with E-state index in [4.69, 9.17) is 0 Å². The highest BCUT2D eigenvalue weighted by Gasteiger charge is 2.17. The van der Waals surface area contributed by atoms with Gasteiger partial charge in [-0.05, 0) is 18.6 Å². The van der Waals surface area contributed by atoms with E-state index in [1.807, 2.05) is 17.7 Å². The minimum absolute atomic E-state index is 0.398. The van der Waals surface area contributed by atoms with E-state index in [2.05, 4.69) is 9.97 Å². The monoisotopic (exact) mass is 235 g/mol. The highest BCUT2D eigenvalue weighted by molar-refractivity contribution is 5.15. The Morgan fingerprint density at radius 3 is 2.88 bits per heavy atom. The van der Waals surface area contributed by atoms with Crippen LogP contribution in [0.25, 0.3) is 0 Å². The molecular weight excluding hydrogens is 221 g/mol. The summed E-state index contributed by atoms with van der Waals surface area (Å²) in [5, 5.41) is 10.1. The van der Waals surface area contributed by atoms with E-state index in [1.54, 1.807) is 6.20 Å². The van der Waals surface area contributed by atoms with Gasteiger partial charge in [0.25, 0.3) is 0 Å². The molecule has 0 radical (unpaired) electrons. The molecule has 2 aromatic rings. The predicted octanol–water partition coefficient (Wildman–Crippen LogP) is 1.91. The molecule has 1 N–H and O–H groups in total. The van der Waals surface area contributed by atoms with Crippen molar-refractivity contribution >= 4 is 0 Å². The number of aromatic nitrogens is 3. The number of aryl methyl sites for hydroxylation is 1. The fraction of sp³-hybridized carbons (Fsp3) is 0.333. The maximum absolute atomic E-state index is 12.7. The Kier molecular flexibility index (Phi) is 3.49. The number of hydrogen-bond donors (Lipinski definition) is 1. The number of rotatable bonds is 4. The summed E-state index contributed by atoms with van der Waals surface area (Å²) < 4.78 is 14.6. The molecule has 0 saturated carbocycles. The van der Waals surface area contributed by atoms with Gasteiger partial charge in [0.15, 0.2) is 6.10 Å². The molecule has 0 aromatic carbocycles. The number of imidazole rings is 1. The van der Waals surface area contributed by atoms with Gasteiger partial charge < -0.3 is 9.67 Å². The Balaban J connectivity index is 2.26. The van der Waals surface area contributed by atoms with Crippen LogP contribution in [0.4, 0.5) is 4.39 Å². The summed E-state index contributed by atoms with van der Waals surface area (Å²) in [6, 6.07) is 2.74. The van der Waals surface area contributed by atoms with Gasteiger partial charge in [-0.3, -0.25) is 4.98 Å². The van der Waals surface area contributed by atoms with Gasteiger partial charge in [0.2, 0.25) is 0 Å². The summed E-state index contributed by atoms with van der Waals surface area (Å²) in [7, 11) is 0. The maximum atomic E-state index is 12.7. The number of aliphatic hydroxyl groups excluding tert-OH is 1. The Morgan fingerprint density at radius 1 is 1.41 bits per heavy atom. The van der Waals surface area contributed by atoms with Crippen LogP contribution in [0.2, 0.25) is 0 Å². The molecule has 1 unspecified atom stereocenters. The van der Waals surface area contributed by atoms with Crippen molar-refractivity contribution in [3.63, 3.8) is 0 Å². The van der Waals surface area contributed by atoms with Crippen LogP contribution in [0, 0.1) is 5.82 Å². The van der Waals surface area contributed by atoms with Crippen LogP contribution in [0.1, 0.15) is 31.0 Å². The molecule has 0 saturated heterocycles. The largest absolute Gasteiger partial charge is 0.379 e. The van der Waals surface area contributed by atoms with Gasteiger partial charge in [-0.2, -0.15) is 0 Å². The van der Waals surface area contributed by atoms with Crippen molar-refractivity contribution in [2.45, 2.75) is 26.0 Å². The zero-order valence-electron chi connectivity index (χ0n) is 9.55. The number of halogens is 1. The second-order valence-electron chi connectivity index (χ2n) is 3.78. The smallest absolute Gasteiger partial charge is 0.153 e. The second-order valence-corrected chi connectivity index (χ2v) is 3.78. The lowest BCUT2D eigenvalue weighted by molar-refractivity contribution is 0.199. The Bertz CT molecular complexity index is 481. The molecular formula is C12H14FN3O. The van der Waals surface area contributed by atoms with Crippen molar-refractivity contribution in [1.82, 2.24) is 14.5 Å². The zero-order chi connectivity index (χ0) is 12.3. The fourth-order valence-electron chi connectivity index (χ4n) is 1.68. The quantitative estimate of drug-likeness (QED) is 0.880. The lowest BCUT2D eigenvalue weighted by Crippen LogP contribution is -2.11. The van der Waals surface area contributed by atoms with E-state index in [1.165, 1.54) is 12.1 Å². The summed E-state index contributed by atoms with van der Waals surface area (Å²) in [6.07, 6.45) is 4.57. The normalized spacial score (nSPS) is 12.6. The molecule has 2 heterocycles.